The van der Waals surface area contributed by atoms with Gasteiger partial charge in [0, 0.05) is 18.6 Å². The van der Waals surface area contributed by atoms with Gasteiger partial charge in [0.25, 0.3) is 15.7 Å². The summed E-state index contributed by atoms with van der Waals surface area (Å²) >= 11 is 0. The summed E-state index contributed by atoms with van der Waals surface area (Å²) in [5.41, 5.74) is 6.78. The zero-order chi connectivity index (χ0) is 22.8. The molecule has 0 aliphatic carbocycles. The third-order valence-electron chi connectivity index (χ3n) is 4.66. The number of aryl methyl sites for hydroxylation is 1. The molecule has 0 unspecified atom stereocenters. The molecule has 1 aliphatic rings. The Kier molecular flexibility index (Phi) is 6.02. The summed E-state index contributed by atoms with van der Waals surface area (Å²) < 4.78 is 26.4. The van der Waals surface area contributed by atoms with Gasteiger partial charge in [-0.3, -0.25) is 25.5 Å². The molecule has 162 valence electrons. The minimum Gasteiger partial charge on any atom is -0.284 e. The molecule has 3 rings (SSSR count). The minimum atomic E-state index is -4.25. The standard InChI is InChI=1S/C19H18N4O7S/c1-12-2-8-15(9-3-12)31(28,29)22-16(10-11-17(22)24)19(25)30-21-18(20)13-4-6-14(7-5-13)23(26)27/h2-9,16H,10-11H2,1H3,(H2,20,21)/p+1/t16-/m0/s1. The second-order valence-electron chi connectivity index (χ2n) is 6.80. The first-order valence-electron chi connectivity index (χ1n) is 9.09. The Morgan fingerprint density at radius 1 is 1.19 bits per heavy atom. The average Bonchev–Trinajstić information content (AvgIpc) is 3.14. The number of nitro benzene ring substituents is 1. The Morgan fingerprint density at radius 3 is 2.39 bits per heavy atom. The van der Waals surface area contributed by atoms with Gasteiger partial charge in [-0.05, 0) is 37.6 Å². The van der Waals surface area contributed by atoms with Crippen LogP contribution in [-0.4, -0.2) is 41.4 Å². The van der Waals surface area contributed by atoms with Crippen molar-refractivity contribution in [1.82, 2.24) is 4.31 Å². The number of sulfonamides is 1. The molecule has 1 heterocycles. The Morgan fingerprint density at radius 2 is 1.81 bits per heavy atom. The number of benzene rings is 2. The lowest BCUT2D eigenvalue weighted by Crippen LogP contribution is -2.76. The first-order chi connectivity index (χ1) is 14.6. The molecule has 1 amide bonds. The number of nitrogens with zero attached hydrogens (tertiary/aromatic N) is 2. The quantitative estimate of drug-likeness (QED) is 0.197. The van der Waals surface area contributed by atoms with E-state index in [4.69, 9.17) is 10.6 Å². The van der Waals surface area contributed by atoms with Gasteiger partial charge in [-0.2, -0.15) is 0 Å². The second-order valence-corrected chi connectivity index (χ2v) is 8.62. The lowest BCUT2D eigenvalue weighted by Gasteiger charge is -2.21. The Bertz CT molecular complexity index is 1160. The molecule has 0 spiro atoms. The molecule has 11 nitrogen and oxygen atoms in total. The maximum absolute atomic E-state index is 12.9. The molecule has 0 radical (unpaired) electrons. The number of carbonyl (C=O) groups excluding carboxylic acids is 2. The molecular weight excluding hydrogens is 428 g/mol. The van der Waals surface area contributed by atoms with E-state index in [1.54, 1.807) is 19.1 Å². The topological polar surface area (TPSA) is 164 Å². The van der Waals surface area contributed by atoms with Gasteiger partial charge in [-0.25, -0.2) is 17.5 Å². The normalized spacial score (nSPS) is 16.9. The van der Waals surface area contributed by atoms with Crippen molar-refractivity contribution in [2.24, 2.45) is 5.73 Å². The van der Waals surface area contributed by atoms with Crippen LogP contribution in [-0.2, 0) is 24.4 Å². The molecule has 1 saturated heterocycles. The number of nitrogen functional groups attached to an aromatic ring is 1. The van der Waals surface area contributed by atoms with Crippen molar-refractivity contribution < 1.29 is 32.9 Å². The maximum Gasteiger partial charge on any atom is 0.380 e. The summed E-state index contributed by atoms with van der Waals surface area (Å²) in [5, 5.41) is 12.9. The average molecular weight is 447 g/mol. The molecule has 0 bridgehead atoms. The zero-order valence-corrected chi connectivity index (χ0v) is 17.2. The van der Waals surface area contributed by atoms with Crippen LogP contribution in [0.1, 0.15) is 24.0 Å². The highest BCUT2D eigenvalue weighted by molar-refractivity contribution is 7.89. The summed E-state index contributed by atoms with van der Waals surface area (Å²) in [6, 6.07) is 9.67. The number of amides is 1. The molecular formula is C19H19N4O7S+. The van der Waals surface area contributed by atoms with Gasteiger partial charge in [-0.1, -0.05) is 22.9 Å². The number of amidine groups is 1. The van der Waals surface area contributed by atoms with E-state index in [1.807, 2.05) is 0 Å². The lowest BCUT2D eigenvalue weighted by atomic mass is 10.2. The first-order valence-corrected chi connectivity index (χ1v) is 10.5. The number of rotatable bonds is 6. The lowest BCUT2D eigenvalue weighted by molar-refractivity contribution is -0.724. The van der Waals surface area contributed by atoms with Gasteiger partial charge in [0.05, 0.1) is 15.4 Å². The van der Waals surface area contributed by atoms with Gasteiger partial charge in [0.2, 0.25) is 5.91 Å². The smallest absolute Gasteiger partial charge is 0.284 e. The molecule has 1 atom stereocenters. The minimum absolute atomic E-state index is 0.0398. The Hall–Kier alpha value is -3.80. The van der Waals surface area contributed by atoms with Gasteiger partial charge >= 0.3 is 11.8 Å². The van der Waals surface area contributed by atoms with Crippen molar-refractivity contribution in [3.05, 3.63) is 69.8 Å². The van der Waals surface area contributed by atoms with Crippen LogP contribution in [0.4, 0.5) is 5.69 Å². The Balaban J connectivity index is 1.78. The van der Waals surface area contributed by atoms with E-state index in [0.29, 0.717) is 9.87 Å². The van der Waals surface area contributed by atoms with E-state index < -0.39 is 32.9 Å². The molecule has 1 fully saturated rings. The first kappa shape index (κ1) is 21.9. The number of hydrogen-bond acceptors (Lipinski definition) is 7. The maximum atomic E-state index is 12.9. The zero-order valence-electron chi connectivity index (χ0n) is 16.3. The molecule has 0 aromatic heterocycles. The van der Waals surface area contributed by atoms with E-state index >= 15 is 0 Å². The summed E-state index contributed by atoms with van der Waals surface area (Å²) in [4.78, 5) is 39.7. The molecule has 1 aliphatic heterocycles. The summed E-state index contributed by atoms with van der Waals surface area (Å²) in [6.07, 6.45) is -0.172. The van der Waals surface area contributed by atoms with Gasteiger partial charge < -0.3 is 0 Å². The van der Waals surface area contributed by atoms with E-state index in [-0.39, 0.29) is 29.3 Å². The SMILES string of the molecule is Cc1ccc(S(=O)(=O)N2C(=O)CC[C@H]2C(=O)O[NH+]=C(N)c2ccc([N+](=O)[O-])cc2)cc1. The van der Waals surface area contributed by atoms with Crippen molar-refractivity contribution in [3.8, 4) is 0 Å². The third-order valence-corrected chi connectivity index (χ3v) is 6.51. The fourth-order valence-electron chi connectivity index (χ4n) is 3.00. The second kappa shape index (κ2) is 8.52. The molecule has 31 heavy (non-hydrogen) atoms. The van der Waals surface area contributed by atoms with Gasteiger partial charge in [-0.15, -0.1) is 0 Å². The van der Waals surface area contributed by atoms with E-state index in [1.165, 1.54) is 36.4 Å². The number of hydrogen-bond donors (Lipinski definition) is 2. The van der Waals surface area contributed by atoms with Crippen molar-refractivity contribution in [2.45, 2.75) is 30.7 Å². The van der Waals surface area contributed by atoms with Gasteiger partial charge in [0.1, 0.15) is 0 Å². The third kappa shape index (κ3) is 4.53. The predicted octanol–water partition coefficient (Wildman–Crippen LogP) is -0.473. The highest BCUT2D eigenvalue weighted by Gasteiger charge is 2.45. The fourth-order valence-corrected chi connectivity index (χ4v) is 4.59. The van der Waals surface area contributed by atoms with E-state index in [0.717, 1.165) is 5.56 Å². The molecule has 2 aromatic carbocycles. The number of nitrogens with two attached hydrogens (primary N) is 1. The van der Waals surface area contributed by atoms with E-state index in [9.17, 15) is 28.1 Å². The van der Waals surface area contributed by atoms with Crippen LogP contribution in [0.3, 0.4) is 0 Å². The Labute approximate surface area is 177 Å². The number of non-ortho nitro benzene ring substituents is 1. The molecule has 2 aromatic rings. The molecule has 12 heteroatoms. The van der Waals surface area contributed by atoms with Crippen LogP contribution in [0.2, 0.25) is 0 Å². The largest absolute Gasteiger partial charge is 0.380 e. The summed E-state index contributed by atoms with van der Waals surface area (Å²) in [5.74, 6) is -1.85. The highest BCUT2D eigenvalue weighted by Crippen LogP contribution is 2.27. The van der Waals surface area contributed by atoms with Crippen molar-refractivity contribution in [2.75, 3.05) is 0 Å². The number of carbonyl (C=O) groups is 2. The van der Waals surface area contributed by atoms with Crippen LogP contribution in [0.25, 0.3) is 0 Å². The highest BCUT2D eigenvalue weighted by atomic mass is 32.2. The van der Waals surface area contributed by atoms with Crippen LogP contribution in [0.5, 0.6) is 0 Å². The molecule has 0 saturated carbocycles. The monoisotopic (exact) mass is 447 g/mol. The van der Waals surface area contributed by atoms with Crippen LogP contribution in [0, 0.1) is 17.0 Å². The summed E-state index contributed by atoms with van der Waals surface area (Å²) in [7, 11) is -4.25. The van der Waals surface area contributed by atoms with Crippen LogP contribution >= 0.6 is 0 Å². The molecule has 3 N–H and O–H groups in total. The summed E-state index contributed by atoms with van der Waals surface area (Å²) in [6.45, 7) is 1.79. The number of nitro groups is 1. The van der Waals surface area contributed by atoms with E-state index in [2.05, 4.69) is 5.16 Å². The fraction of sp³-hybridized carbons (Fsp3) is 0.211. The van der Waals surface area contributed by atoms with Gasteiger partial charge in [0.15, 0.2) is 6.04 Å². The van der Waals surface area contributed by atoms with Crippen LogP contribution in [0.15, 0.2) is 53.4 Å². The van der Waals surface area contributed by atoms with Crippen molar-refractivity contribution in [1.29, 1.82) is 0 Å². The van der Waals surface area contributed by atoms with Crippen molar-refractivity contribution >= 4 is 33.4 Å². The van der Waals surface area contributed by atoms with Crippen molar-refractivity contribution in [3.63, 3.8) is 0 Å². The number of nitrogens with one attached hydrogen (secondary N) is 1. The predicted molar refractivity (Wildman–Crippen MR) is 107 cm³/mol. The van der Waals surface area contributed by atoms with Crippen LogP contribution < -0.4 is 10.9 Å².